The number of alkyl halides is 6. The van der Waals surface area contributed by atoms with Crippen molar-refractivity contribution >= 4 is 11.6 Å². The molecule has 0 radical (unpaired) electrons. The van der Waals surface area contributed by atoms with Crippen LogP contribution < -0.4 is 0 Å². The lowest BCUT2D eigenvalue weighted by atomic mass is 9.99. The van der Waals surface area contributed by atoms with Gasteiger partial charge in [0.15, 0.2) is 11.6 Å². The fourth-order valence-corrected chi connectivity index (χ4v) is 2.09. The van der Waals surface area contributed by atoms with Gasteiger partial charge in [-0.05, 0) is 24.3 Å². The van der Waals surface area contributed by atoms with Gasteiger partial charge in [-0.1, -0.05) is 24.3 Å². The Hall–Kier alpha value is -2.64. The second kappa shape index (κ2) is 6.70. The molecule has 0 aromatic heterocycles. The maximum Gasteiger partial charge on any atom is 0.416 e. The van der Waals surface area contributed by atoms with Gasteiger partial charge in [0.1, 0.15) is 0 Å². The standard InChI is InChI=1S/C17H10F6O2/c18-16(19,20)12-5-1-3-10(7-12)14(24)9-15(25)11-4-2-6-13(8-11)17(21,22)23/h1-8H,9H2. The van der Waals surface area contributed by atoms with E-state index in [2.05, 4.69) is 0 Å². The molecule has 0 heterocycles. The Kier molecular flexibility index (Phi) is 5.01. The minimum atomic E-state index is -4.65. The Morgan fingerprint density at radius 1 is 0.680 bits per heavy atom. The molecular formula is C17H10F6O2. The van der Waals surface area contributed by atoms with Gasteiger partial charge < -0.3 is 0 Å². The summed E-state index contributed by atoms with van der Waals surface area (Å²) in [5.74, 6) is -1.82. The number of carbonyl (C=O) groups is 2. The lowest BCUT2D eigenvalue weighted by molar-refractivity contribution is -0.138. The maximum absolute atomic E-state index is 12.6. The highest BCUT2D eigenvalue weighted by Crippen LogP contribution is 2.31. The van der Waals surface area contributed by atoms with Crippen LogP contribution in [0.3, 0.4) is 0 Å². The Bertz CT molecular complexity index is 738. The van der Waals surface area contributed by atoms with E-state index in [9.17, 15) is 35.9 Å². The van der Waals surface area contributed by atoms with Crippen molar-refractivity contribution in [1.82, 2.24) is 0 Å². The van der Waals surface area contributed by atoms with Gasteiger partial charge in [0.25, 0.3) is 0 Å². The first-order valence-corrected chi connectivity index (χ1v) is 6.89. The molecule has 2 nitrogen and oxygen atoms in total. The van der Waals surface area contributed by atoms with Crippen LogP contribution in [0.4, 0.5) is 26.3 Å². The van der Waals surface area contributed by atoms with Crippen molar-refractivity contribution in [3.63, 3.8) is 0 Å². The van der Waals surface area contributed by atoms with Crippen LogP contribution in [0, 0.1) is 0 Å². The second-order valence-corrected chi connectivity index (χ2v) is 5.18. The van der Waals surface area contributed by atoms with E-state index in [0.717, 1.165) is 36.4 Å². The van der Waals surface area contributed by atoms with Gasteiger partial charge in [0, 0.05) is 11.1 Å². The van der Waals surface area contributed by atoms with E-state index < -0.39 is 41.5 Å². The quantitative estimate of drug-likeness (QED) is 0.428. The lowest BCUT2D eigenvalue weighted by Crippen LogP contribution is -2.12. The normalized spacial score (nSPS) is 12.1. The fourth-order valence-electron chi connectivity index (χ4n) is 2.09. The Morgan fingerprint density at radius 2 is 1.04 bits per heavy atom. The summed E-state index contributed by atoms with van der Waals surface area (Å²) in [5.41, 5.74) is -2.78. The molecular weight excluding hydrogens is 350 g/mol. The maximum atomic E-state index is 12.6. The number of carbonyl (C=O) groups excluding carboxylic acids is 2. The summed E-state index contributed by atoms with van der Waals surface area (Å²) in [6.07, 6.45) is -10.1. The molecule has 0 aliphatic rings. The number of hydrogen-bond acceptors (Lipinski definition) is 2. The summed E-state index contributed by atoms with van der Waals surface area (Å²) in [6.45, 7) is 0. The second-order valence-electron chi connectivity index (χ2n) is 5.18. The number of Topliss-reactive ketones (excluding diaryl/α,β-unsaturated/α-hetero) is 2. The van der Waals surface area contributed by atoms with E-state index in [4.69, 9.17) is 0 Å². The lowest BCUT2D eigenvalue weighted by Gasteiger charge is -2.09. The van der Waals surface area contributed by atoms with Crippen LogP contribution in [0.5, 0.6) is 0 Å². The zero-order valence-electron chi connectivity index (χ0n) is 12.4. The van der Waals surface area contributed by atoms with Crippen molar-refractivity contribution in [2.45, 2.75) is 18.8 Å². The number of benzene rings is 2. The van der Waals surface area contributed by atoms with Crippen LogP contribution in [0.1, 0.15) is 38.3 Å². The average Bonchev–Trinajstić information content (AvgIpc) is 2.53. The molecule has 8 heteroatoms. The van der Waals surface area contributed by atoms with Crippen LogP contribution >= 0.6 is 0 Å². The van der Waals surface area contributed by atoms with Gasteiger partial charge in [-0.3, -0.25) is 9.59 Å². The first kappa shape index (κ1) is 18.7. The number of hydrogen-bond donors (Lipinski definition) is 0. The van der Waals surface area contributed by atoms with E-state index in [0.29, 0.717) is 12.1 Å². The molecule has 0 spiro atoms. The SMILES string of the molecule is O=C(CC(=O)c1cccc(C(F)(F)F)c1)c1cccc(C(F)(F)F)c1. The molecule has 2 rings (SSSR count). The van der Waals surface area contributed by atoms with Gasteiger partial charge in [0.2, 0.25) is 0 Å². The largest absolute Gasteiger partial charge is 0.416 e. The highest BCUT2D eigenvalue weighted by molar-refractivity contribution is 6.13. The minimum absolute atomic E-state index is 0.338. The van der Waals surface area contributed by atoms with Crippen LogP contribution in [-0.4, -0.2) is 11.6 Å². The molecule has 2 aromatic carbocycles. The first-order valence-electron chi connectivity index (χ1n) is 6.89. The van der Waals surface area contributed by atoms with Crippen molar-refractivity contribution in [3.8, 4) is 0 Å². The topological polar surface area (TPSA) is 34.1 Å². The molecule has 0 aliphatic heterocycles. The third-order valence-electron chi connectivity index (χ3n) is 3.34. The van der Waals surface area contributed by atoms with Crippen LogP contribution in [0.2, 0.25) is 0 Å². The van der Waals surface area contributed by atoms with Crippen molar-refractivity contribution in [3.05, 3.63) is 70.8 Å². The van der Waals surface area contributed by atoms with Gasteiger partial charge in [0.05, 0.1) is 17.5 Å². The minimum Gasteiger partial charge on any atom is -0.294 e. The predicted octanol–water partition coefficient (Wildman–Crippen LogP) is 5.18. The molecule has 0 unspecified atom stereocenters. The zero-order chi connectivity index (χ0) is 18.8. The average molecular weight is 360 g/mol. The molecule has 0 fully saturated rings. The molecule has 0 saturated heterocycles. The highest BCUT2D eigenvalue weighted by Gasteiger charge is 2.32. The molecule has 0 bridgehead atoms. The molecule has 0 saturated carbocycles. The van der Waals surface area contributed by atoms with E-state index in [1.807, 2.05) is 0 Å². The van der Waals surface area contributed by atoms with Crippen molar-refractivity contribution in [2.24, 2.45) is 0 Å². The number of rotatable bonds is 4. The van der Waals surface area contributed by atoms with Gasteiger partial charge >= 0.3 is 12.4 Å². The Labute approximate surface area is 138 Å². The monoisotopic (exact) mass is 360 g/mol. The predicted molar refractivity (Wildman–Crippen MR) is 76.2 cm³/mol. The Morgan fingerprint density at radius 3 is 1.36 bits per heavy atom. The third kappa shape index (κ3) is 4.68. The van der Waals surface area contributed by atoms with Gasteiger partial charge in [-0.2, -0.15) is 26.3 Å². The molecule has 0 aliphatic carbocycles. The molecule has 132 valence electrons. The van der Waals surface area contributed by atoms with Gasteiger partial charge in [-0.25, -0.2) is 0 Å². The molecule has 0 N–H and O–H groups in total. The van der Waals surface area contributed by atoms with Crippen molar-refractivity contribution in [2.75, 3.05) is 0 Å². The zero-order valence-corrected chi connectivity index (χ0v) is 12.4. The summed E-state index contributed by atoms with van der Waals surface area (Å²) in [4.78, 5) is 24.0. The van der Waals surface area contributed by atoms with Gasteiger partial charge in [-0.15, -0.1) is 0 Å². The summed E-state index contributed by atoms with van der Waals surface area (Å²) < 4.78 is 75.8. The molecule has 2 aromatic rings. The summed E-state index contributed by atoms with van der Waals surface area (Å²) in [5, 5.41) is 0. The van der Waals surface area contributed by atoms with E-state index in [1.165, 1.54) is 0 Å². The Balaban J connectivity index is 2.20. The van der Waals surface area contributed by atoms with Crippen LogP contribution in [0.15, 0.2) is 48.5 Å². The fraction of sp³-hybridized carbons (Fsp3) is 0.176. The molecule has 0 amide bonds. The van der Waals surface area contributed by atoms with E-state index in [-0.39, 0.29) is 11.1 Å². The highest BCUT2D eigenvalue weighted by atomic mass is 19.4. The first-order chi connectivity index (χ1) is 11.5. The van der Waals surface area contributed by atoms with Crippen molar-refractivity contribution < 1.29 is 35.9 Å². The summed E-state index contributed by atoms with van der Waals surface area (Å²) in [7, 11) is 0. The van der Waals surface area contributed by atoms with Crippen molar-refractivity contribution in [1.29, 1.82) is 0 Å². The van der Waals surface area contributed by atoms with E-state index in [1.54, 1.807) is 0 Å². The summed E-state index contributed by atoms with van der Waals surface area (Å²) in [6, 6.07) is 6.99. The number of halogens is 6. The van der Waals surface area contributed by atoms with Crippen LogP contribution in [-0.2, 0) is 12.4 Å². The molecule has 25 heavy (non-hydrogen) atoms. The van der Waals surface area contributed by atoms with E-state index >= 15 is 0 Å². The summed E-state index contributed by atoms with van der Waals surface area (Å²) >= 11 is 0. The molecule has 0 atom stereocenters. The smallest absolute Gasteiger partial charge is 0.294 e. The van der Waals surface area contributed by atoms with Crippen LogP contribution in [0.25, 0.3) is 0 Å². The third-order valence-corrected chi connectivity index (χ3v) is 3.34. The number of ketones is 2.